The molecule has 0 spiro atoms. The molecule has 106 valence electrons. The number of benzene rings is 1. The van der Waals surface area contributed by atoms with Gasteiger partial charge in [0, 0.05) is 12.6 Å². The van der Waals surface area contributed by atoms with Crippen LogP contribution < -0.4 is 11.1 Å². The minimum Gasteiger partial charge on any atom is -0.505 e. The van der Waals surface area contributed by atoms with Gasteiger partial charge < -0.3 is 21.1 Å². The molecule has 1 aromatic rings. The van der Waals surface area contributed by atoms with E-state index in [-0.39, 0.29) is 28.9 Å². The van der Waals surface area contributed by atoms with Crippen molar-refractivity contribution in [3.63, 3.8) is 0 Å². The lowest BCUT2D eigenvalue weighted by Crippen LogP contribution is -2.41. The molecule has 4 N–H and O–H groups in total. The molecule has 1 amide bonds. The Morgan fingerprint density at radius 2 is 2.05 bits per heavy atom. The summed E-state index contributed by atoms with van der Waals surface area (Å²) in [5, 5.41) is 12.6. The molecule has 5 nitrogen and oxygen atoms in total. The first-order valence-electron chi connectivity index (χ1n) is 6.60. The normalized spacial score (nSPS) is 12.4. The summed E-state index contributed by atoms with van der Waals surface area (Å²) in [5.74, 6) is -0.459. The average Bonchev–Trinajstić information content (AvgIpc) is 2.38. The molecule has 1 unspecified atom stereocenters. The number of likely N-dealkylation sites (N-methyl/N-ethyl adjacent to an activating group) is 1. The molecule has 1 atom stereocenters. The first-order valence-corrected chi connectivity index (χ1v) is 6.60. The van der Waals surface area contributed by atoms with Crippen LogP contribution in [-0.4, -0.2) is 41.6 Å². The minimum absolute atomic E-state index is 0.00762. The molecular formula is C14H23N3O2. The van der Waals surface area contributed by atoms with Gasteiger partial charge in [0.05, 0.1) is 11.3 Å². The van der Waals surface area contributed by atoms with Gasteiger partial charge in [-0.15, -0.1) is 0 Å². The maximum atomic E-state index is 12.0. The Morgan fingerprint density at radius 1 is 1.42 bits per heavy atom. The average molecular weight is 265 g/mol. The molecule has 0 aliphatic heterocycles. The van der Waals surface area contributed by atoms with Gasteiger partial charge in [-0.2, -0.15) is 0 Å². The van der Waals surface area contributed by atoms with Crippen molar-refractivity contribution in [3.8, 4) is 5.75 Å². The molecule has 0 bridgehead atoms. The lowest BCUT2D eigenvalue weighted by molar-refractivity contribution is 0.0927. The topological polar surface area (TPSA) is 78.6 Å². The quantitative estimate of drug-likeness (QED) is 0.537. The lowest BCUT2D eigenvalue weighted by atomic mass is 10.1. The van der Waals surface area contributed by atoms with E-state index in [0.717, 1.165) is 19.6 Å². The van der Waals surface area contributed by atoms with Crippen LogP contribution in [0.2, 0.25) is 0 Å². The van der Waals surface area contributed by atoms with Gasteiger partial charge in [-0.1, -0.05) is 19.9 Å². The minimum atomic E-state index is -0.301. The number of phenolic OH excluding ortho intramolecular Hbond substituents is 1. The Hall–Kier alpha value is -1.75. The highest BCUT2D eigenvalue weighted by atomic mass is 16.3. The van der Waals surface area contributed by atoms with Crippen molar-refractivity contribution in [2.24, 2.45) is 0 Å². The Labute approximate surface area is 114 Å². The Kier molecular flexibility index (Phi) is 5.63. The van der Waals surface area contributed by atoms with Gasteiger partial charge in [-0.3, -0.25) is 4.79 Å². The number of carbonyl (C=O) groups is 1. The fourth-order valence-electron chi connectivity index (χ4n) is 1.96. The molecule has 0 fully saturated rings. The molecule has 0 aliphatic carbocycles. The summed E-state index contributed by atoms with van der Waals surface area (Å²) in [5.41, 5.74) is 6.00. The zero-order valence-corrected chi connectivity index (χ0v) is 11.8. The molecule has 0 saturated carbocycles. The van der Waals surface area contributed by atoms with Gasteiger partial charge in [-0.05, 0) is 32.1 Å². The molecule has 0 heterocycles. The molecule has 0 saturated heterocycles. The van der Waals surface area contributed by atoms with Crippen molar-refractivity contribution in [1.29, 1.82) is 0 Å². The van der Waals surface area contributed by atoms with Crippen molar-refractivity contribution in [3.05, 3.63) is 23.8 Å². The largest absolute Gasteiger partial charge is 0.505 e. The van der Waals surface area contributed by atoms with Crippen LogP contribution in [0.15, 0.2) is 18.2 Å². The highest BCUT2D eigenvalue weighted by Gasteiger charge is 2.16. The number of hydrogen-bond acceptors (Lipinski definition) is 4. The van der Waals surface area contributed by atoms with E-state index in [1.807, 2.05) is 6.92 Å². The van der Waals surface area contributed by atoms with Crippen LogP contribution >= 0.6 is 0 Å². The predicted octanol–water partition coefficient (Wildman–Crippen LogP) is 1.43. The Balaban J connectivity index is 2.66. The standard InChI is InChI=1S/C14H23N3O2/c1-4-17(5-2)9-10(3)16-14(19)11-7-6-8-12(15)13(11)18/h6-8,10,18H,4-5,9,15H2,1-3H3,(H,16,19). The van der Waals surface area contributed by atoms with Crippen LogP contribution in [0.25, 0.3) is 0 Å². The summed E-state index contributed by atoms with van der Waals surface area (Å²) in [6.45, 7) is 8.78. The molecule has 1 rings (SSSR count). The molecule has 5 heteroatoms. The summed E-state index contributed by atoms with van der Waals surface area (Å²) < 4.78 is 0. The third-order valence-corrected chi connectivity index (χ3v) is 3.12. The highest BCUT2D eigenvalue weighted by molar-refractivity contribution is 5.98. The first-order chi connectivity index (χ1) is 8.99. The van der Waals surface area contributed by atoms with Crippen LogP contribution in [0.3, 0.4) is 0 Å². The number of aromatic hydroxyl groups is 1. The first kappa shape index (κ1) is 15.3. The second-order valence-electron chi connectivity index (χ2n) is 4.60. The van der Waals surface area contributed by atoms with Crippen molar-refractivity contribution >= 4 is 11.6 Å². The smallest absolute Gasteiger partial charge is 0.255 e. The Morgan fingerprint density at radius 3 is 2.63 bits per heavy atom. The molecule has 0 aromatic heterocycles. The van der Waals surface area contributed by atoms with E-state index >= 15 is 0 Å². The molecular weight excluding hydrogens is 242 g/mol. The maximum absolute atomic E-state index is 12.0. The van der Waals surface area contributed by atoms with E-state index in [1.165, 1.54) is 0 Å². The van der Waals surface area contributed by atoms with E-state index in [4.69, 9.17) is 5.73 Å². The fourth-order valence-corrected chi connectivity index (χ4v) is 1.96. The summed E-state index contributed by atoms with van der Waals surface area (Å²) >= 11 is 0. The number of nitrogens with one attached hydrogen (secondary N) is 1. The van der Waals surface area contributed by atoms with Crippen LogP contribution in [-0.2, 0) is 0 Å². The molecule has 19 heavy (non-hydrogen) atoms. The summed E-state index contributed by atoms with van der Waals surface area (Å²) in [6, 6.07) is 4.78. The third kappa shape index (κ3) is 4.13. The molecule has 1 aromatic carbocycles. The van der Waals surface area contributed by atoms with Gasteiger partial charge in [0.25, 0.3) is 5.91 Å². The van der Waals surface area contributed by atoms with Crippen LogP contribution in [0.4, 0.5) is 5.69 Å². The molecule has 0 radical (unpaired) electrons. The summed E-state index contributed by atoms with van der Waals surface area (Å²) in [4.78, 5) is 14.3. The lowest BCUT2D eigenvalue weighted by Gasteiger charge is -2.23. The zero-order chi connectivity index (χ0) is 14.4. The number of phenols is 1. The summed E-state index contributed by atoms with van der Waals surface area (Å²) in [6.07, 6.45) is 0. The second-order valence-corrected chi connectivity index (χ2v) is 4.60. The molecule has 0 aliphatic rings. The van der Waals surface area contributed by atoms with E-state index in [1.54, 1.807) is 18.2 Å². The van der Waals surface area contributed by atoms with E-state index < -0.39 is 0 Å². The van der Waals surface area contributed by atoms with Gasteiger partial charge in [0.1, 0.15) is 0 Å². The van der Waals surface area contributed by atoms with Crippen LogP contribution in [0.1, 0.15) is 31.1 Å². The van der Waals surface area contributed by atoms with Gasteiger partial charge in [0.2, 0.25) is 0 Å². The van der Waals surface area contributed by atoms with E-state index in [2.05, 4.69) is 24.1 Å². The number of hydrogen-bond donors (Lipinski definition) is 3. The van der Waals surface area contributed by atoms with Crippen molar-refractivity contribution in [2.45, 2.75) is 26.8 Å². The number of nitrogen functional groups attached to an aromatic ring is 1. The van der Waals surface area contributed by atoms with Crippen LogP contribution in [0.5, 0.6) is 5.75 Å². The fraction of sp³-hybridized carbons (Fsp3) is 0.500. The number of anilines is 1. The number of para-hydroxylation sites is 1. The number of nitrogens with two attached hydrogens (primary N) is 1. The van der Waals surface area contributed by atoms with Gasteiger partial charge in [0.15, 0.2) is 5.75 Å². The number of rotatable bonds is 6. The number of nitrogens with zero attached hydrogens (tertiary/aromatic N) is 1. The second kappa shape index (κ2) is 6.99. The zero-order valence-electron chi connectivity index (χ0n) is 11.8. The third-order valence-electron chi connectivity index (χ3n) is 3.12. The Bertz CT molecular complexity index is 431. The van der Waals surface area contributed by atoms with Crippen molar-refractivity contribution in [1.82, 2.24) is 10.2 Å². The summed E-state index contributed by atoms with van der Waals surface area (Å²) in [7, 11) is 0. The van der Waals surface area contributed by atoms with Crippen molar-refractivity contribution in [2.75, 3.05) is 25.4 Å². The van der Waals surface area contributed by atoms with Gasteiger partial charge >= 0.3 is 0 Å². The van der Waals surface area contributed by atoms with E-state index in [0.29, 0.717) is 0 Å². The predicted molar refractivity (Wildman–Crippen MR) is 77.2 cm³/mol. The number of amides is 1. The number of carbonyl (C=O) groups excluding carboxylic acids is 1. The van der Waals surface area contributed by atoms with E-state index in [9.17, 15) is 9.90 Å². The maximum Gasteiger partial charge on any atom is 0.255 e. The van der Waals surface area contributed by atoms with Gasteiger partial charge in [-0.25, -0.2) is 0 Å². The van der Waals surface area contributed by atoms with Crippen molar-refractivity contribution < 1.29 is 9.90 Å². The highest BCUT2D eigenvalue weighted by Crippen LogP contribution is 2.24. The monoisotopic (exact) mass is 265 g/mol. The van der Waals surface area contributed by atoms with Crippen LogP contribution in [0, 0.1) is 0 Å². The SMILES string of the molecule is CCN(CC)CC(C)NC(=O)c1cccc(N)c1O.